The maximum atomic E-state index is 13.3. The summed E-state index contributed by atoms with van der Waals surface area (Å²) < 4.78 is 73.1. The van der Waals surface area contributed by atoms with Crippen molar-refractivity contribution in [2.75, 3.05) is 18.0 Å². The molecule has 7 nitrogen and oxygen atoms in total. The lowest BCUT2D eigenvalue weighted by atomic mass is 10.2. The van der Waals surface area contributed by atoms with E-state index in [-0.39, 0.29) is 9.92 Å². The number of benzene rings is 3. The van der Waals surface area contributed by atoms with E-state index in [1.54, 1.807) is 24.3 Å². The van der Waals surface area contributed by atoms with Crippen LogP contribution in [0.2, 0.25) is 5.02 Å². The molecule has 1 N–H and O–H groups in total. The van der Waals surface area contributed by atoms with E-state index in [0.29, 0.717) is 21.7 Å². The molecule has 0 bridgehead atoms. The van der Waals surface area contributed by atoms with E-state index in [9.17, 15) is 26.4 Å². The maximum Gasteiger partial charge on any atom is 0.416 e. The first-order chi connectivity index (χ1) is 16.9. The van der Waals surface area contributed by atoms with Gasteiger partial charge in [-0.3, -0.25) is 9.10 Å². The number of nitrogens with zero attached hydrogens (tertiary/aromatic N) is 2. The highest BCUT2D eigenvalue weighted by Crippen LogP contribution is 2.37. The Morgan fingerprint density at radius 1 is 1.14 bits per heavy atom. The van der Waals surface area contributed by atoms with E-state index in [1.165, 1.54) is 37.6 Å². The lowest BCUT2D eigenvalue weighted by Crippen LogP contribution is -2.40. The van der Waals surface area contributed by atoms with Crippen molar-refractivity contribution < 1.29 is 31.1 Å². The van der Waals surface area contributed by atoms with E-state index < -0.39 is 39.9 Å². The molecule has 0 unspecified atom stereocenters. The average molecular weight is 605 g/mol. The summed E-state index contributed by atoms with van der Waals surface area (Å²) in [5.74, 6) is -0.464. The summed E-state index contributed by atoms with van der Waals surface area (Å²) >= 11 is 9.40. The highest BCUT2D eigenvalue weighted by atomic mass is 79.9. The van der Waals surface area contributed by atoms with Gasteiger partial charge in [0.25, 0.3) is 15.9 Å². The molecule has 3 rings (SSSR count). The van der Waals surface area contributed by atoms with Gasteiger partial charge in [0.15, 0.2) is 0 Å². The minimum atomic E-state index is -4.77. The van der Waals surface area contributed by atoms with Crippen molar-refractivity contribution in [1.82, 2.24) is 5.43 Å². The molecule has 0 fully saturated rings. The number of carbonyl (C=O) groups excluding carboxylic acids is 1. The van der Waals surface area contributed by atoms with Gasteiger partial charge in [-0.25, -0.2) is 13.8 Å². The van der Waals surface area contributed by atoms with Crippen molar-refractivity contribution in [2.45, 2.75) is 11.1 Å². The van der Waals surface area contributed by atoms with Crippen LogP contribution in [0.5, 0.6) is 5.75 Å². The first kappa shape index (κ1) is 27.5. The number of hydrazone groups is 1. The number of carbonyl (C=O) groups is 1. The molecule has 13 heteroatoms. The average Bonchev–Trinajstić information content (AvgIpc) is 2.83. The fourth-order valence-corrected chi connectivity index (χ4v) is 5.15. The molecule has 0 saturated carbocycles. The van der Waals surface area contributed by atoms with Crippen LogP contribution >= 0.6 is 27.5 Å². The highest BCUT2D eigenvalue weighted by molar-refractivity contribution is 9.10. The molecule has 3 aromatic rings. The number of rotatable bonds is 8. The van der Waals surface area contributed by atoms with Crippen LogP contribution in [-0.2, 0) is 21.0 Å². The molecule has 0 radical (unpaired) electrons. The third-order valence-electron chi connectivity index (χ3n) is 4.75. The SMILES string of the molecule is COc1ccc(Br)cc1/C=N/NC(=O)CN(c1cc(C(F)(F)F)ccc1Cl)S(=O)(=O)c1ccccc1. The number of amides is 1. The van der Waals surface area contributed by atoms with Crippen molar-refractivity contribution in [3.8, 4) is 5.75 Å². The summed E-state index contributed by atoms with van der Waals surface area (Å²) in [6.07, 6.45) is -3.49. The number of halogens is 5. The van der Waals surface area contributed by atoms with Crippen LogP contribution in [0.1, 0.15) is 11.1 Å². The number of sulfonamides is 1. The number of alkyl halides is 3. The van der Waals surface area contributed by atoms with Gasteiger partial charge in [0, 0.05) is 10.0 Å². The topological polar surface area (TPSA) is 88.1 Å². The van der Waals surface area contributed by atoms with Gasteiger partial charge in [-0.1, -0.05) is 45.7 Å². The van der Waals surface area contributed by atoms with Crippen molar-refractivity contribution in [3.63, 3.8) is 0 Å². The van der Waals surface area contributed by atoms with Crippen molar-refractivity contribution in [1.29, 1.82) is 0 Å². The molecule has 0 spiro atoms. The molecule has 0 aliphatic heterocycles. The van der Waals surface area contributed by atoms with Crippen LogP contribution < -0.4 is 14.5 Å². The van der Waals surface area contributed by atoms with E-state index in [0.717, 1.165) is 16.6 Å². The van der Waals surface area contributed by atoms with E-state index in [2.05, 4.69) is 26.5 Å². The maximum absolute atomic E-state index is 13.3. The summed E-state index contributed by atoms with van der Waals surface area (Å²) in [7, 11) is -3.04. The minimum absolute atomic E-state index is 0.242. The Hall–Kier alpha value is -3.09. The highest BCUT2D eigenvalue weighted by Gasteiger charge is 2.34. The van der Waals surface area contributed by atoms with E-state index in [4.69, 9.17) is 16.3 Å². The second kappa shape index (κ2) is 11.3. The van der Waals surface area contributed by atoms with Crippen LogP contribution in [0.25, 0.3) is 0 Å². The summed E-state index contributed by atoms with van der Waals surface area (Å²) in [5, 5.41) is 3.52. The third-order valence-corrected chi connectivity index (χ3v) is 7.33. The van der Waals surface area contributed by atoms with Crippen LogP contribution in [0, 0.1) is 0 Å². The standard InChI is InChI=1S/C23H18BrClF3N3O4S/c1-35-21-10-8-17(24)11-15(21)13-29-30-22(32)14-31(36(33,34)18-5-3-2-4-6-18)20-12-16(23(26,27)28)7-9-19(20)25/h2-13H,14H2,1H3,(H,30,32)/b29-13+. The van der Waals surface area contributed by atoms with Crippen molar-refractivity contribution >= 4 is 55.4 Å². The Morgan fingerprint density at radius 3 is 2.47 bits per heavy atom. The summed E-state index contributed by atoms with van der Waals surface area (Å²) in [4.78, 5) is 12.4. The minimum Gasteiger partial charge on any atom is -0.496 e. The van der Waals surface area contributed by atoms with Crippen LogP contribution in [0.4, 0.5) is 18.9 Å². The fraction of sp³-hybridized carbons (Fsp3) is 0.130. The fourth-order valence-electron chi connectivity index (χ4n) is 3.05. The Labute approximate surface area is 218 Å². The number of hydrogen-bond donors (Lipinski definition) is 1. The van der Waals surface area contributed by atoms with Gasteiger partial charge in [-0.15, -0.1) is 0 Å². The first-order valence-corrected chi connectivity index (χ1v) is 12.6. The molecule has 36 heavy (non-hydrogen) atoms. The molecule has 0 saturated heterocycles. The monoisotopic (exact) mass is 603 g/mol. The molecule has 1 amide bonds. The van der Waals surface area contributed by atoms with Crippen LogP contribution in [0.15, 0.2) is 81.2 Å². The smallest absolute Gasteiger partial charge is 0.416 e. The van der Waals surface area contributed by atoms with E-state index >= 15 is 0 Å². The second-order valence-electron chi connectivity index (χ2n) is 7.17. The molecule has 0 heterocycles. The zero-order valence-electron chi connectivity index (χ0n) is 18.5. The van der Waals surface area contributed by atoms with E-state index in [1.807, 2.05) is 0 Å². The van der Waals surface area contributed by atoms with Gasteiger partial charge in [0.05, 0.1) is 34.5 Å². The predicted molar refractivity (Wildman–Crippen MR) is 134 cm³/mol. The van der Waals surface area contributed by atoms with Gasteiger partial charge in [0.2, 0.25) is 0 Å². The summed E-state index contributed by atoms with van der Waals surface area (Å²) in [6.45, 7) is -0.898. The normalized spacial score (nSPS) is 11.9. The lowest BCUT2D eigenvalue weighted by Gasteiger charge is -2.25. The third kappa shape index (κ3) is 6.56. The van der Waals surface area contributed by atoms with Gasteiger partial charge >= 0.3 is 6.18 Å². The number of methoxy groups -OCH3 is 1. The molecule has 190 valence electrons. The second-order valence-corrected chi connectivity index (χ2v) is 10.4. The number of hydrogen-bond acceptors (Lipinski definition) is 5. The molecule has 0 aliphatic rings. The van der Waals surface area contributed by atoms with Crippen molar-refractivity contribution in [3.05, 3.63) is 87.4 Å². The first-order valence-electron chi connectivity index (χ1n) is 10.0. The Morgan fingerprint density at radius 2 is 1.83 bits per heavy atom. The zero-order chi connectivity index (χ0) is 26.5. The molecular formula is C23H18BrClF3N3O4S. The molecule has 3 aromatic carbocycles. The molecule has 0 aliphatic carbocycles. The molecule has 0 atom stereocenters. The summed E-state index contributed by atoms with van der Waals surface area (Å²) in [5.41, 5.74) is 1.04. The Bertz CT molecular complexity index is 1390. The van der Waals surface area contributed by atoms with Gasteiger partial charge < -0.3 is 4.74 Å². The van der Waals surface area contributed by atoms with Crippen molar-refractivity contribution in [2.24, 2.45) is 5.10 Å². The van der Waals surface area contributed by atoms with Gasteiger partial charge in [-0.2, -0.15) is 18.3 Å². The number of ether oxygens (including phenoxy) is 1. The molecular weight excluding hydrogens is 587 g/mol. The Balaban J connectivity index is 1.96. The quantitative estimate of drug-likeness (QED) is 0.273. The number of anilines is 1. The van der Waals surface area contributed by atoms with Crippen LogP contribution in [-0.4, -0.2) is 34.2 Å². The lowest BCUT2D eigenvalue weighted by molar-refractivity contribution is -0.137. The molecule has 0 aromatic heterocycles. The zero-order valence-corrected chi connectivity index (χ0v) is 21.6. The van der Waals surface area contributed by atoms with Crippen LogP contribution in [0.3, 0.4) is 0 Å². The summed E-state index contributed by atoms with van der Waals surface area (Å²) in [6, 6.07) is 14.2. The predicted octanol–water partition coefficient (Wildman–Crippen LogP) is 5.48. The van der Waals surface area contributed by atoms with Gasteiger partial charge in [-0.05, 0) is 48.5 Å². The Kier molecular flexibility index (Phi) is 8.64. The largest absolute Gasteiger partial charge is 0.496 e. The number of nitrogens with one attached hydrogen (secondary N) is 1. The van der Waals surface area contributed by atoms with Gasteiger partial charge in [0.1, 0.15) is 12.3 Å².